The van der Waals surface area contributed by atoms with Crippen molar-refractivity contribution in [3.05, 3.63) is 101 Å². The summed E-state index contributed by atoms with van der Waals surface area (Å²) in [4.78, 5) is 26.7. The highest BCUT2D eigenvalue weighted by molar-refractivity contribution is 6.76. The van der Waals surface area contributed by atoms with E-state index in [1.54, 1.807) is 0 Å². The molecule has 9 heteroatoms. The Labute approximate surface area is 257 Å². The van der Waals surface area contributed by atoms with Gasteiger partial charge < -0.3 is 23.7 Å². The predicted octanol–water partition coefficient (Wildman–Crippen LogP) is 5.93. The zero-order valence-corrected chi connectivity index (χ0v) is 26.5. The maximum Gasteiger partial charge on any atom is 0.259 e. The molecule has 5 aromatic rings. The molecule has 6 rings (SSSR count). The number of amides is 2. The number of ether oxygens (including phenoxy) is 2. The van der Waals surface area contributed by atoms with Crippen LogP contribution in [0.3, 0.4) is 0 Å². The van der Waals surface area contributed by atoms with Crippen LogP contribution in [0.4, 0.5) is 0 Å². The van der Waals surface area contributed by atoms with E-state index in [2.05, 4.69) is 29.5 Å². The van der Waals surface area contributed by atoms with Crippen molar-refractivity contribution in [1.82, 2.24) is 14.5 Å². The number of aryl methyl sites for hydroxylation is 1. The van der Waals surface area contributed by atoms with E-state index in [4.69, 9.17) is 9.47 Å². The third-order valence-corrected chi connectivity index (χ3v) is 9.81. The van der Waals surface area contributed by atoms with Crippen molar-refractivity contribution in [2.45, 2.75) is 38.8 Å². The van der Waals surface area contributed by atoms with E-state index in [-0.39, 0.29) is 13.4 Å². The van der Waals surface area contributed by atoms with E-state index < -0.39 is 19.9 Å². The van der Waals surface area contributed by atoms with Gasteiger partial charge in [-0.2, -0.15) is 0 Å². The molecule has 0 atom stereocenters. The second-order valence-corrected chi connectivity index (χ2v) is 18.1. The number of imide groups is 1. The van der Waals surface area contributed by atoms with Crippen molar-refractivity contribution in [3.63, 3.8) is 0 Å². The molecule has 8 nitrogen and oxygen atoms in total. The van der Waals surface area contributed by atoms with E-state index in [0.717, 1.165) is 39.0 Å². The molecule has 2 N–H and O–H groups in total. The van der Waals surface area contributed by atoms with Gasteiger partial charge >= 0.3 is 0 Å². The lowest BCUT2D eigenvalue weighted by Crippen LogP contribution is -2.22. The normalized spacial score (nSPS) is 13.8. The Morgan fingerprint density at radius 2 is 1.48 bits per heavy atom. The molecule has 3 aromatic carbocycles. The Morgan fingerprint density at radius 1 is 0.841 bits per heavy atom. The maximum atomic E-state index is 13.4. The van der Waals surface area contributed by atoms with Crippen molar-refractivity contribution in [3.8, 4) is 5.75 Å². The molecule has 1 aliphatic rings. The first-order valence-corrected chi connectivity index (χ1v) is 18.5. The van der Waals surface area contributed by atoms with Crippen molar-refractivity contribution >= 4 is 52.8 Å². The van der Waals surface area contributed by atoms with Gasteiger partial charge in [-0.05, 0) is 29.8 Å². The fourth-order valence-electron chi connectivity index (χ4n) is 5.79. The van der Waals surface area contributed by atoms with Gasteiger partial charge in [0.1, 0.15) is 5.75 Å². The molecule has 2 aromatic heterocycles. The highest BCUT2D eigenvalue weighted by Gasteiger charge is 2.35. The quantitative estimate of drug-likeness (QED) is 0.0840. The van der Waals surface area contributed by atoms with E-state index in [1.807, 2.05) is 90.7 Å². The minimum Gasteiger partial charge on any atom is -0.467 e. The van der Waals surface area contributed by atoms with Crippen LogP contribution >= 0.6 is 0 Å². The number of hydrogen-bond donors (Lipinski definition) is 2. The summed E-state index contributed by atoms with van der Waals surface area (Å²) in [7, 11) is 0.735. The maximum absolute atomic E-state index is 13.4. The molecule has 2 amide bonds. The highest BCUT2D eigenvalue weighted by atomic mass is 28.3. The number of hydrogen-bond acceptors (Lipinski definition) is 5. The van der Waals surface area contributed by atoms with Gasteiger partial charge in [0, 0.05) is 79.2 Å². The average molecular weight is 608 g/mol. The van der Waals surface area contributed by atoms with Gasteiger partial charge in [0.2, 0.25) is 0 Å². The number of carbonyl (C=O) groups excluding carboxylic acids is 2. The number of nitrogens with zero attached hydrogens (tertiary/aromatic N) is 2. The Kier molecular flexibility index (Phi) is 8.02. The Hall–Kier alpha value is -4.44. The molecule has 3 heterocycles. The molecule has 0 radical (unpaired) electrons. The second-order valence-electron chi connectivity index (χ2n) is 12.5. The van der Waals surface area contributed by atoms with Gasteiger partial charge in [-0.3, -0.25) is 14.9 Å². The summed E-state index contributed by atoms with van der Waals surface area (Å²) >= 11 is 0. The van der Waals surface area contributed by atoms with Crippen LogP contribution in [0.1, 0.15) is 22.3 Å². The van der Waals surface area contributed by atoms with Crippen LogP contribution in [0.15, 0.2) is 79.1 Å². The molecule has 0 spiro atoms. The second kappa shape index (κ2) is 11.9. The van der Waals surface area contributed by atoms with Crippen LogP contribution in [0, 0.1) is 0 Å². The van der Waals surface area contributed by atoms with Crippen LogP contribution in [-0.2, 0) is 34.5 Å². The summed E-state index contributed by atoms with van der Waals surface area (Å²) in [5.74, 6) is -0.221. The molecule has 226 valence electrons. The minimum absolute atomic E-state index is 0.117. The summed E-state index contributed by atoms with van der Waals surface area (Å²) in [6.07, 6.45) is 3.86. The Bertz CT molecular complexity index is 1930. The first-order valence-electron chi connectivity index (χ1n) is 14.8. The smallest absolute Gasteiger partial charge is 0.259 e. The third-order valence-electron chi connectivity index (χ3n) is 8.10. The van der Waals surface area contributed by atoms with Gasteiger partial charge in [0.05, 0.1) is 17.8 Å². The van der Waals surface area contributed by atoms with Gasteiger partial charge in [-0.1, -0.05) is 68.2 Å². The van der Waals surface area contributed by atoms with Crippen LogP contribution in [0.5, 0.6) is 5.75 Å². The number of aromatic nitrogens is 2. The van der Waals surface area contributed by atoms with Gasteiger partial charge in [-0.15, -0.1) is 0 Å². The number of nitrogens with one attached hydrogen (secondary N) is 1. The third kappa shape index (κ3) is 5.73. The lowest BCUT2D eigenvalue weighted by Gasteiger charge is -2.16. The zero-order valence-electron chi connectivity index (χ0n) is 25.5. The largest absolute Gasteiger partial charge is 0.467 e. The molecule has 44 heavy (non-hydrogen) atoms. The molecule has 0 saturated carbocycles. The number of para-hydroxylation sites is 2. The van der Waals surface area contributed by atoms with E-state index in [1.165, 1.54) is 0 Å². The molecule has 0 saturated heterocycles. The Morgan fingerprint density at radius 3 is 2.16 bits per heavy atom. The fourth-order valence-corrected chi connectivity index (χ4v) is 6.54. The molecule has 1 aliphatic heterocycles. The lowest BCUT2D eigenvalue weighted by molar-refractivity contribution is -0.122. The summed E-state index contributed by atoms with van der Waals surface area (Å²) < 4.78 is 15.7. The summed E-state index contributed by atoms with van der Waals surface area (Å²) in [5.41, 5.74) is 5.74. The molecule has 0 unspecified atom stereocenters. The lowest BCUT2D eigenvalue weighted by atomic mass is 9.95. The van der Waals surface area contributed by atoms with Gasteiger partial charge in [0.25, 0.3) is 11.8 Å². The van der Waals surface area contributed by atoms with Crippen molar-refractivity contribution < 1.29 is 24.2 Å². The van der Waals surface area contributed by atoms with Gasteiger partial charge in [-0.25, -0.2) is 0 Å². The van der Waals surface area contributed by atoms with Gasteiger partial charge in [0.15, 0.2) is 6.79 Å². The van der Waals surface area contributed by atoms with Crippen molar-refractivity contribution in [1.29, 1.82) is 0 Å². The molecule has 0 fully saturated rings. The van der Waals surface area contributed by atoms with Crippen LogP contribution in [0.2, 0.25) is 25.7 Å². The minimum atomic E-state index is -1.20. The van der Waals surface area contributed by atoms with Crippen molar-refractivity contribution in [2.75, 3.05) is 13.4 Å². The predicted molar refractivity (Wildman–Crippen MR) is 176 cm³/mol. The summed E-state index contributed by atoms with van der Waals surface area (Å²) in [6.45, 7) is 8.03. The number of aliphatic hydroxyl groups excluding tert-OH is 1. The summed E-state index contributed by atoms with van der Waals surface area (Å²) in [6, 6.07) is 22.6. The standard InChI is InChI=1S/C35H37N3O5Si/c1-37-19-27(25-9-5-7-11-29(25)37)32-33(35(41)36-34(32)40)28-20-38(30-12-8-6-10-26(28)30)18-23-13-14-24(21-39)31(17-23)43-22-42-15-16-44(2,3)4/h5-14,17,19-20,39H,15-16,18,21-22H2,1-4H3,(H,36,40,41). The van der Waals surface area contributed by atoms with Crippen LogP contribution in [0.25, 0.3) is 33.0 Å². The highest BCUT2D eigenvalue weighted by Crippen LogP contribution is 2.39. The fraction of sp³-hybridized carbons (Fsp3) is 0.257. The monoisotopic (exact) mass is 607 g/mol. The first-order chi connectivity index (χ1) is 21.1. The SMILES string of the molecule is Cn1cc(C2=C(c3cn(Cc4ccc(CO)c(OCOCC[Si](C)(C)C)c4)c4ccccc34)C(=O)NC2=O)c2ccccc21. The molecule has 0 aliphatic carbocycles. The molecule has 0 bridgehead atoms. The van der Waals surface area contributed by atoms with E-state index in [9.17, 15) is 14.7 Å². The average Bonchev–Trinajstić information content (AvgIpc) is 3.62. The van der Waals surface area contributed by atoms with E-state index in [0.29, 0.717) is 41.2 Å². The molecular formula is C35H37N3O5Si. The Balaban J connectivity index is 1.36. The zero-order chi connectivity index (χ0) is 31.0. The number of fused-ring (bicyclic) bond motifs is 2. The van der Waals surface area contributed by atoms with Crippen LogP contribution in [-0.4, -0.2) is 47.5 Å². The molecular weight excluding hydrogens is 570 g/mol. The first kappa shape index (κ1) is 29.6. The number of benzene rings is 3. The number of carbonyl (C=O) groups is 2. The van der Waals surface area contributed by atoms with Crippen molar-refractivity contribution in [2.24, 2.45) is 7.05 Å². The number of rotatable bonds is 11. The summed E-state index contributed by atoms with van der Waals surface area (Å²) in [5, 5.41) is 14.3. The topological polar surface area (TPSA) is 94.7 Å². The number of aliphatic hydroxyl groups is 1. The van der Waals surface area contributed by atoms with E-state index >= 15 is 0 Å². The van der Waals surface area contributed by atoms with Crippen LogP contribution < -0.4 is 10.1 Å².